The van der Waals surface area contributed by atoms with Crippen LogP contribution in [-0.4, -0.2) is 60.0 Å². The Balaban J connectivity index is 2.27. The smallest absolute Gasteiger partial charge is 0.324 e. The molecule has 1 aliphatic heterocycles. The lowest BCUT2D eigenvalue weighted by atomic mass is 9.90. The molecule has 0 aromatic heterocycles. The highest BCUT2D eigenvalue weighted by molar-refractivity contribution is 7.88. The molecule has 150 valence electrons. The van der Waals surface area contributed by atoms with Crippen LogP contribution in [0.25, 0.3) is 10.8 Å². The van der Waals surface area contributed by atoms with Gasteiger partial charge in [0, 0.05) is 6.54 Å². The van der Waals surface area contributed by atoms with Crippen molar-refractivity contribution >= 4 is 32.7 Å². The Bertz CT molecular complexity index is 1010. The van der Waals surface area contributed by atoms with Crippen LogP contribution in [0.15, 0.2) is 42.5 Å². The first-order valence-electron chi connectivity index (χ1n) is 9.08. The van der Waals surface area contributed by atoms with E-state index >= 15 is 0 Å². The summed E-state index contributed by atoms with van der Waals surface area (Å²) in [6.45, 7) is 3.75. The highest BCUT2D eigenvalue weighted by atomic mass is 32.2. The number of nitrogens with zero attached hydrogens (tertiary/aromatic N) is 2. The molecule has 2 atom stereocenters. The monoisotopic (exact) mass is 404 g/mol. The molecule has 1 heterocycles. The van der Waals surface area contributed by atoms with Crippen LogP contribution in [-0.2, 0) is 19.6 Å². The molecule has 1 fully saturated rings. The molecule has 1 saturated heterocycles. The van der Waals surface area contributed by atoms with Crippen molar-refractivity contribution in [2.75, 3.05) is 19.3 Å². The largest absolute Gasteiger partial charge is 0.480 e. The van der Waals surface area contributed by atoms with Gasteiger partial charge in [-0.1, -0.05) is 56.3 Å². The zero-order valence-electron chi connectivity index (χ0n) is 16.1. The number of amides is 1. The van der Waals surface area contributed by atoms with Crippen LogP contribution in [0.4, 0.5) is 0 Å². The predicted molar refractivity (Wildman–Crippen MR) is 106 cm³/mol. The van der Waals surface area contributed by atoms with Crippen LogP contribution >= 0.6 is 0 Å². The average molecular weight is 404 g/mol. The minimum atomic E-state index is -3.89. The number of fused-ring (bicyclic) bond motifs is 1. The summed E-state index contributed by atoms with van der Waals surface area (Å²) in [6.07, 6.45) is 0.939. The number of sulfonamides is 1. The molecule has 0 radical (unpaired) electrons. The molecule has 0 spiro atoms. The number of piperazine rings is 1. The zero-order valence-corrected chi connectivity index (χ0v) is 16.9. The molecule has 28 heavy (non-hydrogen) atoms. The lowest BCUT2D eigenvalue weighted by Crippen LogP contribution is -2.62. The van der Waals surface area contributed by atoms with Gasteiger partial charge in [0.25, 0.3) is 0 Å². The predicted octanol–water partition coefficient (Wildman–Crippen LogP) is 2.09. The third-order valence-electron chi connectivity index (χ3n) is 4.94. The minimum absolute atomic E-state index is 0.0978. The highest BCUT2D eigenvalue weighted by Gasteiger charge is 2.49. The van der Waals surface area contributed by atoms with Gasteiger partial charge in [0.2, 0.25) is 15.9 Å². The lowest BCUT2D eigenvalue weighted by molar-refractivity contribution is -0.153. The third kappa shape index (κ3) is 3.74. The first-order chi connectivity index (χ1) is 13.1. The number of benzene rings is 2. The van der Waals surface area contributed by atoms with Gasteiger partial charge in [0.05, 0.1) is 18.8 Å². The third-order valence-corrected chi connectivity index (χ3v) is 6.15. The van der Waals surface area contributed by atoms with E-state index in [4.69, 9.17) is 0 Å². The maximum Gasteiger partial charge on any atom is 0.324 e. The second kappa shape index (κ2) is 7.52. The average Bonchev–Trinajstić information content (AvgIpc) is 2.61. The number of hydrogen-bond acceptors (Lipinski definition) is 4. The van der Waals surface area contributed by atoms with Gasteiger partial charge in [0.15, 0.2) is 0 Å². The number of rotatable bonds is 5. The van der Waals surface area contributed by atoms with E-state index < -0.39 is 40.5 Å². The molecule has 2 aromatic rings. The fraction of sp³-hybridized carbons (Fsp3) is 0.400. The maximum atomic E-state index is 12.9. The molecule has 1 N–H and O–H groups in total. The van der Waals surface area contributed by atoms with Crippen LogP contribution in [0.2, 0.25) is 0 Å². The summed E-state index contributed by atoms with van der Waals surface area (Å²) < 4.78 is 25.4. The number of hydrogen-bond donors (Lipinski definition) is 1. The van der Waals surface area contributed by atoms with Crippen molar-refractivity contribution in [3.63, 3.8) is 0 Å². The molecular formula is C20H24N2O5S. The summed E-state index contributed by atoms with van der Waals surface area (Å²) in [4.78, 5) is 26.6. The van der Waals surface area contributed by atoms with Crippen molar-refractivity contribution in [1.82, 2.24) is 9.21 Å². The molecule has 8 heteroatoms. The topological polar surface area (TPSA) is 95.0 Å². The maximum absolute atomic E-state index is 12.9. The van der Waals surface area contributed by atoms with Crippen molar-refractivity contribution in [3.05, 3.63) is 48.0 Å². The quantitative estimate of drug-likeness (QED) is 0.823. The fourth-order valence-corrected chi connectivity index (χ4v) is 4.81. The molecular weight excluding hydrogens is 380 g/mol. The molecule has 0 saturated carbocycles. The second-order valence-electron chi connectivity index (χ2n) is 7.54. The molecule has 2 unspecified atom stereocenters. The highest BCUT2D eigenvalue weighted by Crippen LogP contribution is 2.37. The van der Waals surface area contributed by atoms with Crippen molar-refractivity contribution in [3.8, 4) is 0 Å². The van der Waals surface area contributed by atoms with Crippen molar-refractivity contribution in [1.29, 1.82) is 0 Å². The van der Waals surface area contributed by atoms with Gasteiger partial charge in [-0.3, -0.25) is 9.59 Å². The van der Waals surface area contributed by atoms with E-state index in [0.717, 1.165) is 21.3 Å². The second-order valence-corrected chi connectivity index (χ2v) is 9.48. The van der Waals surface area contributed by atoms with Gasteiger partial charge in [-0.05, 0) is 22.3 Å². The van der Waals surface area contributed by atoms with E-state index in [1.54, 1.807) is 12.1 Å². The van der Waals surface area contributed by atoms with Gasteiger partial charge in [-0.15, -0.1) is 0 Å². The van der Waals surface area contributed by atoms with E-state index in [1.807, 2.05) is 44.2 Å². The van der Waals surface area contributed by atoms with Crippen LogP contribution in [0.1, 0.15) is 25.5 Å². The van der Waals surface area contributed by atoms with Crippen molar-refractivity contribution in [2.45, 2.75) is 25.9 Å². The minimum Gasteiger partial charge on any atom is -0.480 e. The number of carboxylic acid groups (broad SMARTS) is 1. The number of aliphatic carboxylic acids is 1. The summed E-state index contributed by atoms with van der Waals surface area (Å²) in [6, 6.07) is 10.7. The Morgan fingerprint density at radius 1 is 1.18 bits per heavy atom. The van der Waals surface area contributed by atoms with E-state index in [0.29, 0.717) is 12.1 Å². The van der Waals surface area contributed by atoms with Crippen molar-refractivity contribution < 1.29 is 23.1 Å². The van der Waals surface area contributed by atoms with Crippen LogP contribution in [0.5, 0.6) is 0 Å². The van der Waals surface area contributed by atoms with Crippen LogP contribution in [0.3, 0.4) is 0 Å². The summed E-state index contributed by atoms with van der Waals surface area (Å²) in [7, 11) is -3.89. The van der Waals surface area contributed by atoms with Crippen LogP contribution < -0.4 is 0 Å². The summed E-state index contributed by atoms with van der Waals surface area (Å²) >= 11 is 0. The van der Waals surface area contributed by atoms with Crippen molar-refractivity contribution in [2.24, 2.45) is 5.92 Å². The van der Waals surface area contributed by atoms with Gasteiger partial charge < -0.3 is 10.0 Å². The Morgan fingerprint density at radius 3 is 2.43 bits per heavy atom. The molecule has 3 rings (SSSR count). The molecule has 2 aromatic carbocycles. The van der Waals surface area contributed by atoms with Crippen LogP contribution in [0, 0.1) is 5.92 Å². The Labute approximate surface area is 164 Å². The number of carbonyl (C=O) groups is 2. The van der Waals surface area contributed by atoms with E-state index in [9.17, 15) is 23.1 Å². The Hall–Kier alpha value is -2.45. The van der Waals surface area contributed by atoms with Gasteiger partial charge in [-0.25, -0.2) is 8.42 Å². The number of carboxylic acids is 1. The summed E-state index contributed by atoms with van der Waals surface area (Å²) in [5.41, 5.74) is 0.632. The molecule has 1 aliphatic rings. The fourth-order valence-electron chi connectivity index (χ4n) is 3.84. The first kappa shape index (κ1) is 20.3. The summed E-state index contributed by atoms with van der Waals surface area (Å²) in [5, 5.41) is 11.7. The lowest BCUT2D eigenvalue weighted by Gasteiger charge is -2.45. The van der Waals surface area contributed by atoms with Gasteiger partial charge in [0.1, 0.15) is 6.04 Å². The standard InChI is InChI=1S/C20H24N2O5S/c1-13(2)11-21-17(23)12-22(28(3,26)27)19(20(24)25)18(21)16-10-6-8-14-7-4-5-9-15(14)16/h4-10,13,18-19H,11-12H2,1-3H3,(H,24,25). The van der Waals surface area contributed by atoms with E-state index in [-0.39, 0.29) is 5.92 Å². The SMILES string of the molecule is CC(C)CN1C(=O)CN(S(C)(=O)=O)C(C(=O)O)C1c1cccc2ccccc12. The Kier molecular flexibility index (Phi) is 5.45. The first-order valence-corrected chi connectivity index (χ1v) is 10.9. The van der Waals surface area contributed by atoms with Gasteiger partial charge >= 0.3 is 5.97 Å². The van der Waals surface area contributed by atoms with Gasteiger partial charge in [-0.2, -0.15) is 4.31 Å². The zero-order chi connectivity index (χ0) is 20.6. The molecule has 7 nitrogen and oxygen atoms in total. The normalized spacial score (nSPS) is 21.4. The molecule has 0 bridgehead atoms. The summed E-state index contributed by atoms with van der Waals surface area (Å²) in [5.74, 6) is -1.57. The van der Waals surface area contributed by atoms with E-state index in [1.165, 1.54) is 4.90 Å². The Morgan fingerprint density at radius 2 is 1.82 bits per heavy atom. The molecule has 1 amide bonds. The number of carbonyl (C=O) groups excluding carboxylic acids is 1. The molecule has 0 aliphatic carbocycles. The van der Waals surface area contributed by atoms with E-state index in [2.05, 4.69) is 0 Å².